The lowest BCUT2D eigenvalue weighted by atomic mass is 10.2. The zero-order chi connectivity index (χ0) is 14.4. The van der Waals surface area contributed by atoms with Gasteiger partial charge >= 0.3 is 0 Å². The van der Waals surface area contributed by atoms with E-state index in [1.165, 1.54) is 0 Å². The number of nitrogen functional groups attached to an aromatic ring is 1. The van der Waals surface area contributed by atoms with Crippen molar-refractivity contribution in [1.29, 1.82) is 0 Å². The number of ether oxygens (including phenoxy) is 2. The molecule has 0 heterocycles. The normalized spacial score (nSPS) is 10.3. The minimum atomic E-state index is -0.0502. The van der Waals surface area contributed by atoms with Crippen LogP contribution in [0.4, 0.5) is 5.69 Å². The minimum absolute atomic E-state index is 0.0502. The van der Waals surface area contributed by atoms with Crippen molar-refractivity contribution in [2.45, 2.75) is 20.1 Å². The molecule has 0 fully saturated rings. The third-order valence-electron chi connectivity index (χ3n) is 2.91. The molecule has 0 bridgehead atoms. The van der Waals surface area contributed by atoms with Crippen LogP contribution in [-0.4, -0.2) is 11.7 Å². The van der Waals surface area contributed by atoms with Crippen molar-refractivity contribution in [1.82, 2.24) is 0 Å². The van der Waals surface area contributed by atoms with Crippen molar-refractivity contribution >= 4 is 5.69 Å². The van der Waals surface area contributed by atoms with Gasteiger partial charge in [0.05, 0.1) is 13.2 Å². The Balaban J connectivity index is 2.15. The van der Waals surface area contributed by atoms with Crippen LogP contribution in [0.1, 0.15) is 18.1 Å². The Labute approximate surface area is 118 Å². The first-order chi connectivity index (χ1) is 9.74. The summed E-state index contributed by atoms with van der Waals surface area (Å²) in [6.45, 7) is 2.81. The molecule has 2 aromatic rings. The molecule has 0 aliphatic carbocycles. The number of para-hydroxylation sites is 1. The van der Waals surface area contributed by atoms with Crippen molar-refractivity contribution in [2.24, 2.45) is 0 Å². The maximum Gasteiger partial charge on any atom is 0.126 e. The van der Waals surface area contributed by atoms with Gasteiger partial charge in [-0.05, 0) is 31.2 Å². The highest BCUT2D eigenvalue weighted by molar-refractivity contribution is 5.48. The van der Waals surface area contributed by atoms with E-state index >= 15 is 0 Å². The second-order valence-electron chi connectivity index (χ2n) is 4.35. The van der Waals surface area contributed by atoms with E-state index in [9.17, 15) is 5.11 Å². The summed E-state index contributed by atoms with van der Waals surface area (Å²) in [7, 11) is 0. The van der Waals surface area contributed by atoms with E-state index in [4.69, 9.17) is 15.2 Å². The number of aliphatic hydroxyl groups excluding tert-OH is 1. The Morgan fingerprint density at radius 3 is 2.50 bits per heavy atom. The van der Waals surface area contributed by atoms with E-state index in [-0.39, 0.29) is 6.61 Å². The summed E-state index contributed by atoms with van der Waals surface area (Å²) in [6, 6.07) is 12.9. The van der Waals surface area contributed by atoms with Gasteiger partial charge in [0.2, 0.25) is 0 Å². The molecule has 106 valence electrons. The van der Waals surface area contributed by atoms with Gasteiger partial charge in [0.1, 0.15) is 18.1 Å². The molecule has 0 spiro atoms. The molecule has 0 unspecified atom stereocenters. The zero-order valence-electron chi connectivity index (χ0n) is 11.5. The molecular weight excluding hydrogens is 254 g/mol. The largest absolute Gasteiger partial charge is 0.493 e. The predicted molar refractivity (Wildman–Crippen MR) is 78.7 cm³/mol. The van der Waals surface area contributed by atoms with Crippen molar-refractivity contribution in [3.8, 4) is 11.5 Å². The monoisotopic (exact) mass is 273 g/mol. The highest BCUT2D eigenvalue weighted by atomic mass is 16.5. The fourth-order valence-electron chi connectivity index (χ4n) is 1.94. The summed E-state index contributed by atoms with van der Waals surface area (Å²) in [5, 5.41) is 9.27. The third-order valence-corrected chi connectivity index (χ3v) is 2.91. The fourth-order valence-corrected chi connectivity index (χ4v) is 1.94. The topological polar surface area (TPSA) is 64.7 Å². The Hall–Kier alpha value is -2.20. The van der Waals surface area contributed by atoms with Gasteiger partial charge in [-0.15, -0.1) is 0 Å². The van der Waals surface area contributed by atoms with Gasteiger partial charge in [-0.2, -0.15) is 0 Å². The molecule has 2 rings (SSSR count). The fraction of sp³-hybridized carbons (Fsp3) is 0.250. The SMILES string of the molecule is CCOc1ccc(N)cc1COc1ccccc1CO. The molecule has 0 amide bonds. The summed E-state index contributed by atoms with van der Waals surface area (Å²) in [5.74, 6) is 1.43. The Kier molecular flexibility index (Phi) is 4.85. The predicted octanol–water partition coefficient (Wildman–Crippen LogP) is 2.74. The van der Waals surface area contributed by atoms with Crippen LogP contribution < -0.4 is 15.2 Å². The number of hydrogen-bond donors (Lipinski definition) is 2. The number of anilines is 1. The first-order valence-corrected chi connectivity index (χ1v) is 6.57. The first-order valence-electron chi connectivity index (χ1n) is 6.57. The quantitative estimate of drug-likeness (QED) is 0.794. The number of benzene rings is 2. The lowest BCUT2D eigenvalue weighted by Gasteiger charge is -2.13. The molecule has 0 saturated carbocycles. The number of aliphatic hydroxyl groups is 1. The van der Waals surface area contributed by atoms with Crippen molar-refractivity contribution in [2.75, 3.05) is 12.3 Å². The second kappa shape index (κ2) is 6.82. The maximum atomic E-state index is 9.27. The van der Waals surface area contributed by atoms with E-state index in [0.29, 0.717) is 24.7 Å². The molecule has 0 saturated heterocycles. The zero-order valence-corrected chi connectivity index (χ0v) is 11.5. The summed E-state index contributed by atoms with van der Waals surface area (Å²) >= 11 is 0. The molecule has 3 N–H and O–H groups in total. The van der Waals surface area contributed by atoms with Crippen molar-refractivity contribution in [3.63, 3.8) is 0 Å². The van der Waals surface area contributed by atoms with Gasteiger partial charge in [0.15, 0.2) is 0 Å². The second-order valence-corrected chi connectivity index (χ2v) is 4.35. The van der Waals surface area contributed by atoms with Gasteiger partial charge in [-0.25, -0.2) is 0 Å². The van der Waals surface area contributed by atoms with Crippen LogP contribution >= 0.6 is 0 Å². The van der Waals surface area contributed by atoms with Crippen molar-refractivity contribution in [3.05, 3.63) is 53.6 Å². The molecule has 2 aromatic carbocycles. The molecular formula is C16H19NO3. The lowest BCUT2D eigenvalue weighted by molar-refractivity contribution is 0.255. The minimum Gasteiger partial charge on any atom is -0.493 e. The standard InChI is InChI=1S/C16H19NO3/c1-2-19-16-8-7-14(17)9-13(16)11-20-15-6-4-3-5-12(15)10-18/h3-9,18H,2,10-11,17H2,1H3. The molecule has 0 aliphatic heterocycles. The highest BCUT2D eigenvalue weighted by Gasteiger charge is 2.07. The van der Waals surface area contributed by atoms with Gasteiger partial charge in [-0.3, -0.25) is 0 Å². The lowest BCUT2D eigenvalue weighted by Crippen LogP contribution is -2.03. The van der Waals surface area contributed by atoms with Crippen molar-refractivity contribution < 1.29 is 14.6 Å². The van der Waals surface area contributed by atoms with E-state index in [1.807, 2.05) is 43.3 Å². The maximum absolute atomic E-state index is 9.27. The molecule has 0 aliphatic rings. The van der Waals surface area contributed by atoms with Crippen LogP contribution in [-0.2, 0) is 13.2 Å². The third kappa shape index (κ3) is 3.42. The van der Waals surface area contributed by atoms with Crippen LogP contribution in [0, 0.1) is 0 Å². The molecule has 0 atom stereocenters. The van der Waals surface area contributed by atoms with Crippen LogP contribution in [0.2, 0.25) is 0 Å². The Bertz CT molecular complexity index is 569. The molecule has 0 radical (unpaired) electrons. The summed E-state index contributed by atoms with van der Waals surface area (Å²) in [6.07, 6.45) is 0. The Morgan fingerprint density at radius 1 is 1.00 bits per heavy atom. The average Bonchev–Trinajstić information content (AvgIpc) is 2.48. The Morgan fingerprint density at radius 2 is 1.75 bits per heavy atom. The molecule has 4 heteroatoms. The van der Waals surface area contributed by atoms with E-state index < -0.39 is 0 Å². The summed E-state index contributed by atoms with van der Waals surface area (Å²) in [5.41, 5.74) is 8.11. The average molecular weight is 273 g/mol. The smallest absolute Gasteiger partial charge is 0.126 e. The summed E-state index contributed by atoms with van der Waals surface area (Å²) < 4.78 is 11.3. The molecule has 0 aromatic heterocycles. The first kappa shape index (κ1) is 14.2. The summed E-state index contributed by atoms with van der Waals surface area (Å²) in [4.78, 5) is 0. The van der Waals surface area contributed by atoms with E-state index in [0.717, 1.165) is 16.9 Å². The van der Waals surface area contributed by atoms with Crippen LogP contribution in [0.3, 0.4) is 0 Å². The van der Waals surface area contributed by atoms with Crippen LogP contribution in [0.5, 0.6) is 11.5 Å². The van der Waals surface area contributed by atoms with E-state index in [1.54, 1.807) is 6.07 Å². The van der Waals surface area contributed by atoms with Gasteiger partial charge in [0, 0.05) is 16.8 Å². The molecule has 4 nitrogen and oxygen atoms in total. The van der Waals surface area contributed by atoms with Gasteiger partial charge < -0.3 is 20.3 Å². The number of hydrogen-bond acceptors (Lipinski definition) is 4. The van der Waals surface area contributed by atoms with Gasteiger partial charge in [0.25, 0.3) is 0 Å². The highest BCUT2D eigenvalue weighted by Crippen LogP contribution is 2.25. The van der Waals surface area contributed by atoms with Gasteiger partial charge in [-0.1, -0.05) is 18.2 Å². The van der Waals surface area contributed by atoms with Crippen LogP contribution in [0.25, 0.3) is 0 Å². The number of nitrogens with two attached hydrogens (primary N) is 1. The number of rotatable bonds is 6. The molecule has 20 heavy (non-hydrogen) atoms. The van der Waals surface area contributed by atoms with E-state index in [2.05, 4.69) is 0 Å². The van der Waals surface area contributed by atoms with Crippen LogP contribution in [0.15, 0.2) is 42.5 Å².